The molecule has 2 aromatic rings. The number of carbonyl (C=O) groups is 1. The molecule has 2 heterocycles. The van der Waals surface area contributed by atoms with Crippen LogP contribution in [0.5, 0.6) is 0 Å². The van der Waals surface area contributed by atoms with Gasteiger partial charge in [-0.3, -0.25) is 4.98 Å². The molecule has 1 N–H and O–H groups in total. The lowest BCUT2D eigenvalue weighted by atomic mass is 10.1. The Labute approximate surface area is 128 Å². The molecule has 0 radical (unpaired) electrons. The molecule has 0 saturated carbocycles. The first-order chi connectivity index (χ1) is 10.2. The van der Waals surface area contributed by atoms with E-state index in [-0.39, 0.29) is 10.6 Å². The van der Waals surface area contributed by atoms with E-state index in [4.69, 9.17) is 5.11 Å². The zero-order chi connectivity index (χ0) is 16.5. The number of sulfonamides is 1. The zero-order valence-corrected chi connectivity index (χ0v) is 13.3. The minimum Gasteiger partial charge on any atom is -0.477 e. The van der Waals surface area contributed by atoms with E-state index in [0.717, 1.165) is 11.6 Å². The SMILES string of the molecule is CC(c1ccncc1)N(C)S(=O)(=O)c1cc(C(=O)O)n(C)c1. The fourth-order valence-corrected chi connectivity index (χ4v) is 3.54. The van der Waals surface area contributed by atoms with Crippen LogP contribution in [0.3, 0.4) is 0 Å². The lowest BCUT2D eigenvalue weighted by Crippen LogP contribution is -2.29. The lowest BCUT2D eigenvalue weighted by molar-refractivity contribution is 0.0686. The topological polar surface area (TPSA) is 92.5 Å². The maximum absolute atomic E-state index is 12.6. The first-order valence-electron chi connectivity index (χ1n) is 6.52. The fourth-order valence-electron chi connectivity index (χ4n) is 2.11. The maximum Gasteiger partial charge on any atom is 0.352 e. The molecule has 118 valence electrons. The van der Waals surface area contributed by atoms with Crippen molar-refractivity contribution in [2.75, 3.05) is 7.05 Å². The van der Waals surface area contributed by atoms with Gasteiger partial charge in [0.15, 0.2) is 0 Å². The monoisotopic (exact) mass is 323 g/mol. The van der Waals surface area contributed by atoms with E-state index in [2.05, 4.69) is 4.98 Å². The van der Waals surface area contributed by atoms with Gasteiger partial charge in [-0.05, 0) is 30.7 Å². The van der Waals surface area contributed by atoms with Gasteiger partial charge in [0.05, 0.1) is 0 Å². The second kappa shape index (κ2) is 5.90. The molecular formula is C14H17N3O4S. The summed E-state index contributed by atoms with van der Waals surface area (Å²) in [4.78, 5) is 14.9. The third kappa shape index (κ3) is 2.88. The number of carboxylic acids is 1. The molecule has 1 atom stereocenters. The van der Waals surface area contributed by atoms with Crippen molar-refractivity contribution in [3.05, 3.63) is 48.0 Å². The van der Waals surface area contributed by atoms with Crippen molar-refractivity contribution in [1.29, 1.82) is 0 Å². The van der Waals surface area contributed by atoms with Crippen molar-refractivity contribution in [3.63, 3.8) is 0 Å². The van der Waals surface area contributed by atoms with Crippen molar-refractivity contribution in [3.8, 4) is 0 Å². The van der Waals surface area contributed by atoms with Crippen molar-refractivity contribution < 1.29 is 18.3 Å². The summed E-state index contributed by atoms with van der Waals surface area (Å²) in [5.41, 5.74) is 0.721. The quantitative estimate of drug-likeness (QED) is 0.900. The van der Waals surface area contributed by atoms with Gasteiger partial charge in [0.25, 0.3) is 0 Å². The van der Waals surface area contributed by atoms with Gasteiger partial charge in [0.2, 0.25) is 10.0 Å². The highest BCUT2D eigenvalue weighted by molar-refractivity contribution is 7.89. The van der Waals surface area contributed by atoms with Gasteiger partial charge >= 0.3 is 5.97 Å². The van der Waals surface area contributed by atoms with Crippen LogP contribution in [-0.4, -0.2) is 40.4 Å². The number of hydrogen-bond donors (Lipinski definition) is 1. The third-order valence-corrected chi connectivity index (χ3v) is 5.50. The number of aromatic carboxylic acids is 1. The van der Waals surface area contributed by atoms with Gasteiger partial charge < -0.3 is 9.67 Å². The molecule has 8 heteroatoms. The summed E-state index contributed by atoms with van der Waals surface area (Å²) in [5.74, 6) is -1.17. The highest BCUT2D eigenvalue weighted by atomic mass is 32.2. The molecule has 0 spiro atoms. The Balaban J connectivity index is 2.38. The summed E-state index contributed by atoms with van der Waals surface area (Å²) in [7, 11) is -0.832. The number of aromatic nitrogens is 2. The smallest absolute Gasteiger partial charge is 0.352 e. The second-order valence-electron chi connectivity index (χ2n) is 4.95. The maximum atomic E-state index is 12.6. The van der Waals surface area contributed by atoms with Crippen LogP contribution in [0.15, 0.2) is 41.7 Å². The van der Waals surface area contributed by atoms with Crippen LogP contribution in [-0.2, 0) is 17.1 Å². The summed E-state index contributed by atoms with van der Waals surface area (Å²) in [6.45, 7) is 1.76. The Morgan fingerprint density at radius 3 is 2.45 bits per heavy atom. The standard InChI is InChI=1S/C14H17N3O4S/c1-10(11-4-6-15-7-5-11)17(3)22(20,21)12-8-13(14(18)19)16(2)9-12/h4-10H,1-3H3,(H,18,19). The van der Waals surface area contributed by atoms with Crippen LogP contribution < -0.4 is 0 Å². The summed E-state index contributed by atoms with van der Waals surface area (Å²) in [6.07, 6.45) is 4.49. The van der Waals surface area contributed by atoms with E-state index < -0.39 is 22.0 Å². The van der Waals surface area contributed by atoms with Crippen LogP contribution in [0, 0.1) is 0 Å². The Morgan fingerprint density at radius 1 is 1.36 bits per heavy atom. The number of pyridine rings is 1. The number of carboxylic acid groups (broad SMARTS) is 1. The van der Waals surface area contributed by atoms with Crippen molar-refractivity contribution >= 4 is 16.0 Å². The molecule has 0 aliphatic carbocycles. The number of aryl methyl sites for hydroxylation is 1. The Morgan fingerprint density at radius 2 is 1.95 bits per heavy atom. The van der Waals surface area contributed by atoms with Gasteiger partial charge in [-0.1, -0.05) is 0 Å². The van der Waals surface area contributed by atoms with Crippen LogP contribution >= 0.6 is 0 Å². The molecule has 0 aromatic carbocycles. The predicted molar refractivity (Wildman–Crippen MR) is 80.0 cm³/mol. The van der Waals surface area contributed by atoms with Gasteiger partial charge in [0, 0.05) is 38.7 Å². The molecular weight excluding hydrogens is 306 g/mol. The molecule has 0 aliphatic heterocycles. The molecule has 2 aromatic heterocycles. The van der Waals surface area contributed by atoms with E-state index in [1.165, 1.54) is 29.2 Å². The molecule has 0 fully saturated rings. The van der Waals surface area contributed by atoms with Crippen molar-refractivity contribution in [2.45, 2.75) is 17.9 Å². The average molecular weight is 323 g/mol. The first kappa shape index (κ1) is 16.2. The molecule has 0 bridgehead atoms. The van der Waals surface area contributed by atoms with Crippen LogP contribution in [0.25, 0.3) is 0 Å². The largest absolute Gasteiger partial charge is 0.477 e. The number of nitrogens with zero attached hydrogens (tertiary/aromatic N) is 3. The van der Waals surface area contributed by atoms with Crippen LogP contribution in [0.2, 0.25) is 0 Å². The van der Waals surface area contributed by atoms with Gasteiger partial charge in [-0.2, -0.15) is 4.31 Å². The van der Waals surface area contributed by atoms with Crippen LogP contribution in [0.1, 0.15) is 29.0 Å². The Bertz CT molecular complexity index is 784. The molecule has 1 unspecified atom stereocenters. The van der Waals surface area contributed by atoms with E-state index in [1.54, 1.807) is 31.5 Å². The molecule has 0 aliphatic rings. The van der Waals surface area contributed by atoms with Crippen molar-refractivity contribution in [1.82, 2.24) is 13.9 Å². The Kier molecular flexibility index (Phi) is 4.34. The Hall–Kier alpha value is -2.19. The van der Waals surface area contributed by atoms with E-state index in [1.807, 2.05) is 0 Å². The van der Waals surface area contributed by atoms with Crippen LogP contribution in [0.4, 0.5) is 0 Å². The van der Waals surface area contributed by atoms with E-state index in [9.17, 15) is 13.2 Å². The highest BCUT2D eigenvalue weighted by Crippen LogP contribution is 2.26. The average Bonchev–Trinajstić information content (AvgIpc) is 2.89. The molecule has 0 saturated heterocycles. The fraction of sp³-hybridized carbons (Fsp3) is 0.286. The van der Waals surface area contributed by atoms with E-state index in [0.29, 0.717) is 0 Å². The summed E-state index contributed by atoms with van der Waals surface area (Å²) in [5, 5.41) is 9.03. The minimum atomic E-state index is -3.79. The third-order valence-electron chi connectivity index (χ3n) is 3.61. The van der Waals surface area contributed by atoms with Crippen molar-refractivity contribution in [2.24, 2.45) is 7.05 Å². The molecule has 2 rings (SSSR count). The van der Waals surface area contributed by atoms with E-state index >= 15 is 0 Å². The normalized spacial score (nSPS) is 13.3. The summed E-state index contributed by atoms with van der Waals surface area (Å²) >= 11 is 0. The summed E-state index contributed by atoms with van der Waals surface area (Å²) in [6, 6.07) is 4.24. The van der Waals surface area contributed by atoms with Gasteiger partial charge in [0.1, 0.15) is 10.6 Å². The predicted octanol–water partition coefficient (Wildman–Crippen LogP) is 1.50. The zero-order valence-electron chi connectivity index (χ0n) is 12.5. The first-order valence-corrected chi connectivity index (χ1v) is 7.96. The molecule has 22 heavy (non-hydrogen) atoms. The minimum absolute atomic E-state index is 0.0455. The van der Waals surface area contributed by atoms with Gasteiger partial charge in [-0.25, -0.2) is 13.2 Å². The molecule has 0 amide bonds. The highest BCUT2D eigenvalue weighted by Gasteiger charge is 2.28. The lowest BCUT2D eigenvalue weighted by Gasteiger charge is -2.24. The van der Waals surface area contributed by atoms with Gasteiger partial charge in [-0.15, -0.1) is 0 Å². The number of hydrogen-bond acceptors (Lipinski definition) is 4. The summed E-state index contributed by atoms with van der Waals surface area (Å²) < 4.78 is 27.8. The number of rotatable bonds is 5. The second-order valence-corrected chi connectivity index (χ2v) is 6.95. The molecule has 7 nitrogen and oxygen atoms in total.